The minimum atomic E-state index is -0.606. The van der Waals surface area contributed by atoms with E-state index >= 15 is 0 Å². The Bertz CT molecular complexity index is 1110. The van der Waals surface area contributed by atoms with Gasteiger partial charge in [0.1, 0.15) is 16.9 Å². The molecule has 0 unspecified atom stereocenters. The van der Waals surface area contributed by atoms with Crippen molar-refractivity contribution in [3.63, 3.8) is 0 Å². The van der Waals surface area contributed by atoms with Crippen molar-refractivity contribution in [1.82, 2.24) is 9.80 Å². The van der Waals surface area contributed by atoms with Crippen LogP contribution in [-0.2, 0) is 0 Å². The molecule has 1 aromatic heterocycles. The van der Waals surface area contributed by atoms with E-state index in [4.69, 9.17) is 9.15 Å². The van der Waals surface area contributed by atoms with E-state index < -0.39 is 5.63 Å². The summed E-state index contributed by atoms with van der Waals surface area (Å²) in [6, 6.07) is 16.9. The van der Waals surface area contributed by atoms with Crippen LogP contribution in [0.1, 0.15) is 15.9 Å². The molecule has 0 bridgehead atoms. The van der Waals surface area contributed by atoms with Gasteiger partial charge in [-0.2, -0.15) is 0 Å². The number of benzene rings is 2. The summed E-state index contributed by atoms with van der Waals surface area (Å²) in [7, 11) is 1.57. The zero-order valence-electron chi connectivity index (χ0n) is 16.9. The van der Waals surface area contributed by atoms with Crippen molar-refractivity contribution >= 4 is 23.0 Å². The molecule has 30 heavy (non-hydrogen) atoms. The predicted molar refractivity (Wildman–Crippen MR) is 117 cm³/mol. The van der Waals surface area contributed by atoms with E-state index in [0.717, 1.165) is 19.6 Å². The number of piperazine rings is 1. The van der Waals surface area contributed by atoms with Crippen LogP contribution in [0.25, 0.3) is 17.0 Å². The SMILES string of the molecule is COc1ccc2oc(=O)c(C(=O)N3CCN(C/C=C/c4ccccc4)CC3)cc2c1. The van der Waals surface area contributed by atoms with Gasteiger partial charge in [-0.1, -0.05) is 42.5 Å². The van der Waals surface area contributed by atoms with Crippen LogP contribution in [0.5, 0.6) is 5.75 Å². The van der Waals surface area contributed by atoms with Crippen molar-refractivity contribution in [2.75, 3.05) is 39.8 Å². The zero-order chi connectivity index (χ0) is 20.9. The summed E-state index contributed by atoms with van der Waals surface area (Å²) in [6.07, 6.45) is 4.24. The Balaban J connectivity index is 1.40. The Morgan fingerprint density at radius 3 is 2.57 bits per heavy atom. The Labute approximate surface area is 175 Å². The second kappa shape index (κ2) is 8.97. The van der Waals surface area contributed by atoms with E-state index in [1.165, 1.54) is 5.56 Å². The van der Waals surface area contributed by atoms with Gasteiger partial charge in [-0.05, 0) is 29.8 Å². The van der Waals surface area contributed by atoms with Gasteiger partial charge in [-0.3, -0.25) is 9.69 Å². The third kappa shape index (κ3) is 4.44. The fourth-order valence-electron chi connectivity index (χ4n) is 3.58. The van der Waals surface area contributed by atoms with Crippen LogP contribution >= 0.6 is 0 Å². The van der Waals surface area contributed by atoms with Crippen molar-refractivity contribution < 1.29 is 13.9 Å². The average molecular weight is 404 g/mol. The molecule has 1 amide bonds. The number of rotatable bonds is 5. The Kier molecular flexibility index (Phi) is 5.95. The second-order valence-corrected chi connectivity index (χ2v) is 7.26. The molecule has 0 N–H and O–H groups in total. The molecule has 0 spiro atoms. The number of carbonyl (C=O) groups is 1. The first-order valence-electron chi connectivity index (χ1n) is 9.99. The topological polar surface area (TPSA) is 63.0 Å². The minimum absolute atomic E-state index is 0.0631. The molecule has 1 aliphatic rings. The van der Waals surface area contributed by atoms with Gasteiger partial charge >= 0.3 is 5.63 Å². The molecule has 154 valence electrons. The molecule has 2 aromatic carbocycles. The summed E-state index contributed by atoms with van der Waals surface area (Å²) in [6.45, 7) is 3.51. The van der Waals surface area contributed by atoms with Crippen LogP contribution < -0.4 is 10.4 Å². The van der Waals surface area contributed by atoms with Crippen LogP contribution in [0.4, 0.5) is 0 Å². The highest BCUT2D eigenvalue weighted by atomic mass is 16.5. The van der Waals surface area contributed by atoms with Crippen molar-refractivity contribution in [2.45, 2.75) is 0 Å². The van der Waals surface area contributed by atoms with Crippen LogP contribution in [0.15, 0.2) is 69.9 Å². The van der Waals surface area contributed by atoms with Crippen molar-refractivity contribution in [3.8, 4) is 5.75 Å². The molecule has 0 aliphatic carbocycles. The smallest absolute Gasteiger partial charge is 0.349 e. The maximum absolute atomic E-state index is 12.9. The third-order valence-electron chi connectivity index (χ3n) is 5.30. The summed E-state index contributed by atoms with van der Waals surface area (Å²) >= 11 is 0. The molecule has 0 saturated carbocycles. The van der Waals surface area contributed by atoms with Crippen molar-refractivity contribution in [1.29, 1.82) is 0 Å². The van der Waals surface area contributed by atoms with E-state index in [0.29, 0.717) is 29.8 Å². The Morgan fingerprint density at radius 2 is 1.83 bits per heavy atom. The molecule has 0 radical (unpaired) electrons. The number of hydrogen-bond acceptors (Lipinski definition) is 5. The number of ether oxygens (including phenoxy) is 1. The van der Waals surface area contributed by atoms with Gasteiger partial charge in [-0.25, -0.2) is 4.79 Å². The summed E-state index contributed by atoms with van der Waals surface area (Å²) in [5, 5.41) is 0.669. The molecular formula is C24H24N2O4. The predicted octanol–water partition coefficient (Wildman–Crippen LogP) is 3.27. The lowest BCUT2D eigenvalue weighted by atomic mass is 10.1. The lowest BCUT2D eigenvalue weighted by molar-refractivity contribution is 0.0646. The molecule has 6 heteroatoms. The highest BCUT2D eigenvalue weighted by Gasteiger charge is 2.24. The lowest BCUT2D eigenvalue weighted by Crippen LogP contribution is -2.49. The van der Waals surface area contributed by atoms with Gasteiger partial charge in [0.05, 0.1) is 7.11 Å². The molecule has 1 saturated heterocycles. The van der Waals surface area contributed by atoms with Crippen LogP contribution in [-0.4, -0.2) is 55.5 Å². The van der Waals surface area contributed by atoms with Crippen LogP contribution in [0, 0.1) is 0 Å². The van der Waals surface area contributed by atoms with Crippen molar-refractivity contribution in [3.05, 3.63) is 82.2 Å². The number of carbonyl (C=O) groups excluding carboxylic acids is 1. The van der Waals surface area contributed by atoms with E-state index in [2.05, 4.69) is 29.2 Å². The fraction of sp³-hybridized carbons (Fsp3) is 0.250. The fourth-order valence-corrected chi connectivity index (χ4v) is 3.58. The van der Waals surface area contributed by atoms with Gasteiger partial charge in [-0.15, -0.1) is 0 Å². The highest BCUT2D eigenvalue weighted by molar-refractivity contribution is 5.96. The number of amides is 1. The summed E-state index contributed by atoms with van der Waals surface area (Å²) in [4.78, 5) is 29.3. The second-order valence-electron chi connectivity index (χ2n) is 7.26. The van der Waals surface area contributed by atoms with Gasteiger partial charge < -0.3 is 14.1 Å². The molecule has 4 rings (SSSR count). The summed E-state index contributed by atoms with van der Waals surface area (Å²) < 4.78 is 10.6. The molecule has 1 aliphatic heterocycles. The average Bonchev–Trinajstić information content (AvgIpc) is 2.79. The number of methoxy groups -OCH3 is 1. The van der Waals surface area contributed by atoms with Crippen molar-refractivity contribution in [2.24, 2.45) is 0 Å². The maximum atomic E-state index is 12.9. The first kappa shape index (κ1) is 19.9. The molecule has 2 heterocycles. The Morgan fingerprint density at radius 1 is 1.07 bits per heavy atom. The molecule has 1 fully saturated rings. The van der Waals surface area contributed by atoms with E-state index in [1.807, 2.05) is 18.2 Å². The zero-order valence-corrected chi connectivity index (χ0v) is 16.9. The molecule has 6 nitrogen and oxygen atoms in total. The number of fused-ring (bicyclic) bond motifs is 1. The number of nitrogens with zero attached hydrogens (tertiary/aromatic N) is 2. The largest absolute Gasteiger partial charge is 0.497 e. The first-order chi connectivity index (χ1) is 14.6. The number of hydrogen-bond donors (Lipinski definition) is 0. The van der Waals surface area contributed by atoms with Gasteiger partial charge in [0.25, 0.3) is 5.91 Å². The highest BCUT2D eigenvalue weighted by Crippen LogP contribution is 2.21. The molecule has 3 aromatic rings. The monoisotopic (exact) mass is 404 g/mol. The molecular weight excluding hydrogens is 380 g/mol. The summed E-state index contributed by atoms with van der Waals surface area (Å²) in [5.74, 6) is 0.361. The van der Waals surface area contributed by atoms with E-state index in [-0.39, 0.29) is 11.5 Å². The normalized spacial score (nSPS) is 15.0. The standard InChI is InChI=1S/C24H24N2O4/c1-29-20-9-10-22-19(16-20)17-21(24(28)30-22)23(27)26-14-12-25(13-15-26)11-5-8-18-6-3-2-4-7-18/h2-10,16-17H,11-15H2,1H3/b8-5+. The van der Waals surface area contributed by atoms with E-state index in [9.17, 15) is 9.59 Å². The van der Waals surface area contributed by atoms with Gasteiger partial charge in [0.2, 0.25) is 0 Å². The van der Waals surface area contributed by atoms with Gasteiger partial charge in [0, 0.05) is 38.1 Å². The quantitative estimate of drug-likeness (QED) is 0.611. The lowest BCUT2D eigenvalue weighted by Gasteiger charge is -2.34. The van der Waals surface area contributed by atoms with Gasteiger partial charge in [0.15, 0.2) is 0 Å². The minimum Gasteiger partial charge on any atom is -0.497 e. The van der Waals surface area contributed by atoms with Crippen LogP contribution in [0.3, 0.4) is 0 Å². The third-order valence-corrected chi connectivity index (χ3v) is 5.30. The van der Waals surface area contributed by atoms with Crippen LogP contribution in [0.2, 0.25) is 0 Å². The molecule has 0 atom stereocenters. The maximum Gasteiger partial charge on any atom is 0.349 e. The first-order valence-corrected chi connectivity index (χ1v) is 9.99. The summed E-state index contributed by atoms with van der Waals surface area (Å²) in [5.41, 5.74) is 1.07. The van der Waals surface area contributed by atoms with E-state index in [1.54, 1.807) is 36.3 Å². The Hall–Kier alpha value is -3.38.